The molecule has 6 heteroatoms. The Morgan fingerprint density at radius 2 is 2.08 bits per heavy atom. The van der Waals surface area contributed by atoms with Crippen LogP contribution in [0, 0.1) is 0 Å². The van der Waals surface area contributed by atoms with Gasteiger partial charge in [-0.3, -0.25) is 4.79 Å². The summed E-state index contributed by atoms with van der Waals surface area (Å²) in [6.45, 7) is 1.51. The van der Waals surface area contributed by atoms with E-state index in [0.29, 0.717) is 11.8 Å². The highest BCUT2D eigenvalue weighted by molar-refractivity contribution is 6.29. The van der Waals surface area contributed by atoms with E-state index in [-0.39, 0.29) is 19.1 Å². The number of hydrogen-bond acceptors (Lipinski definition) is 4. The molecule has 1 saturated heterocycles. The minimum atomic E-state index is 0.000323. The molecule has 0 aromatic heterocycles. The van der Waals surface area contributed by atoms with E-state index in [4.69, 9.17) is 21.4 Å². The lowest BCUT2D eigenvalue weighted by Gasteiger charge is -2.30. The van der Waals surface area contributed by atoms with Crippen LogP contribution in [0.4, 0.5) is 0 Å². The van der Waals surface area contributed by atoms with Crippen molar-refractivity contribution in [2.45, 2.75) is 31.9 Å². The minimum absolute atomic E-state index is 0.000323. The maximum Gasteiger partial charge on any atom is 0.260 e. The SMILES string of the molecule is CN(C1=CC=C(Cl)CC1)C1CCN(C(=O)COc2ccc(CO)cc2)C1. The summed E-state index contributed by atoms with van der Waals surface area (Å²) >= 11 is 6.03. The van der Waals surface area contributed by atoms with Crippen LogP contribution in [0.3, 0.4) is 0 Å². The molecule has 1 atom stereocenters. The second kappa shape index (κ2) is 8.60. The molecule has 140 valence electrons. The third kappa shape index (κ3) is 4.59. The molecule has 1 aromatic carbocycles. The van der Waals surface area contributed by atoms with Crippen LogP contribution in [0.2, 0.25) is 0 Å². The number of ether oxygens (including phenoxy) is 1. The Balaban J connectivity index is 1.49. The van der Waals surface area contributed by atoms with Gasteiger partial charge in [0, 0.05) is 36.9 Å². The van der Waals surface area contributed by atoms with Crippen molar-refractivity contribution >= 4 is 17.5 Å². The van der Waals surface area contributed by atoms with Gasteiger partial charge in [-0.25, -0.2) is 0 Å². The molecule has 0 saturated carbocycles. The molecule has 1 heterocycles. The highest BCUT2D eigenvalue weighted by Gasteiger charge is 2.30. The molecular formula is C20H25ClN2O3. The van der Waals surface area contributed by atoms with Crippen LogP contribution in [0.1, 0.15) is 24.8 Å². The molecule has 0 bridgehead atoms. The lowest BCUT2D eigenvalue weighted by atomic mass is 10.1. The monoisotopic (exact) mass is 376 g/mol. The molecule has 1 unspecified atom stereocenters. The zero-order chi connectivity index (χ0) is 18.5. The molecule has 3 rings (SSSR count). The van der Waals surface area contributed by atoms with Crippen LogP contribution in [0.25, 0.3) is 0 Å². The highest BCUT2D eigenvalue weighted by atomic mass is 35.5. The number of likely N-dealkylation sites (tertiary alicyclic amines) is 1. The van der Waals surface area contributed by atoms with Crippen molar-refractivity contribution in [3.8, 4) is 5.75 Å². The van der Waals surface area contributed by atoms with E-state index in [1.54, 1.807) is 24.3 Å². The summed E-state index contributed by atoms with van der Waals surface area (Å²) in [6, 6.07) is 7.46. The van der Waals surface area contributed by atoms with Crippen LogP contribution in [-0.2, 0) is 11.4 Å². The van der Waals surface area contributed by atoms with E-state index in [1.165, 1.54) is 5.70 Å². The number of carbonyl (C=O) groups is 1. The number of allylic oxidation sites excluding steroid dienone is 4. The van der Waals surface area contributed by atoms with Gasteiger partial charge >= 0.3 is 0 Å². The Labute approximate surface area is 159 Å². The number of nitrogens with zero attached hydrogens (tertiary/aromatic N) is 2. The van der Waals surface area contributed by atoms with E-state index >= 15 is 0 Å². The molecular weight excluding hydrogens is 352 g/mol. The minimum Gasteiger partial charge on any atom is -0.484 e. The second-order valence-corrected chi connectivity index (χ2v) is 7.24. The summed E-state index contributed by atoms with van der Waals surface area (Å²) in [6.07, 6.45) is 6.83. The molecule has 2 aliphatic rings. The van der Waals surface area contributed by atoms with Crippen molar-refractivity contribution in [1.29, 1.82) is 0 Å². The number of aliphatic hydroxyl groups is 1. The Hall–Kier alpha value is -1.98. The van der Waals surface area contributed by atoms with Gasteiger partial charge in [0.1, 0.15) is 5.75 Å². The number of likely N-dealkylation sites (N-methyl/N-ethyl adjacent to an activating group) is 1. The fourth-order valence-corrected chi connectivity index (χ4v) is 3.50. The zero-order valence-electron chi connectivity index (χ0n) is 15.0. The van der Waals surface area contributed by atoms with E-state index in [0.717, 1.165) is 42.9 Å². The predicted octanol–water partition coefficient (Wildman–Crippen LogP) is 2.89. The van der Waals surface area contributed by atoms with Crippen LogP contribution in [0.5, 0.6) is 5.75 Å². The number of rotatable bonds is 6. The van der Waals surface area contributed by atoms with E-state index in [2.05, 4.69) is 18.0 Å². The largest absolute Gasteiger partial charge is 0.484 e. The first-order chi connectivity index (χ1) is 12.6. The lowest BCUT2D eigenvalue weighted by Crippen LogP contribution is -2.38. The number of benzene rings is 1. The van der Waals surface area contributed by atoms with Gasteiger partial charge < -0.3 is 19.6 Å². The fourth-order valence-electron chi connectivity index (χ4n) is 3.34. The molecule has 0 spiro atoms. The van der Waals surface area contributed by atoms with Gasteiger partial charge in [-0.1, -0.05) is 23.7 Å². The summed E-state index contributed by atoms with van der Waals surface area (Å²) < 4.78 is 5.58. The summed E-state index contributed by atoms with van der Waals surface area (Å²) in [5, 5.41) is 9.95. The number of halogens is 1. The van der Waals surface area contributed by atoms with E-state index in [1.807, 2.05) is 11.0 Å². The van der Waals surface area contributed by atoms with Gasteiger partial charge in [0.15, 0.2) is 6.61 Å². The van der Waals surface area contributed by atoms with Gasteiger partial charge in [0.25, 0.3) is 5.91 Å². The van der Waals surface area contributed by atoms with Crippen molar-refractivity contribution in [2.75, 3.05) is 26.7 Å². The molecule has 1 aliphatic heterocycles. The summed E-state index contributed by atoms with van der Waals surface area (Å²) in [5.74, 6) is 0.646. The average molecular weight is 377 g/mol. The summed E-state index contributed by atoms with van der Waals surface area (Å²) in [5.41, 5.74) is 2.09. The molecule has 5 nitrogen and oxygen atoms in total. The van der Waals surface area contributed by atoms with Crippen LogP contribution >= 0.6 is 11.6 Å². The smallest absolute Gasteiger partial charge is 0.260 e. The Bertz CT molecular complexity index is 700. The maximum atomic E-state index is 12.4. The lowest BCUT2D eigenvalue weighted by molar-refractivity contribution is -0.132. The van der Waals surface area contributed by atoms with Crippen molar-refractivity contribution < 1.29 is 14.6 Å². The van der Waals surface area contributed by atoms with Crippen molar-refractivity contribution in [2.24, 2.45) is 0 Å². The third-order valence-corrected chi connectivity index (χ3v) is 5.38. The first kappa shape index (κ1) is 18.8. The van der Waals surface area contributed by atoms with Crippen LogP contribution in [-0.4, -0.2) is 53.6 Å². The number of aliphatic hydroxyl groups excluding tert-OH is 1. The quantitative estimate of drug-likeness (QED) is 0.829. The number of hydrogen-bond donors (Lipinski definition) is 1. The maximum absolute atomic E-state index is 12.4. The highest BCUT2D eigenvalue weighted by Crippen LogP contribution is 2.26. The Morgan fingerprint density at radius 1 is 1.31 bits per heavy atom. The standard InChI is InChI=1S/C20H25ClN2O3/c1-22(17-6-4-16(21)5-7-17)18-10-11-23(12-18)20(25)14-26-19-8-2-15(13-24)3-9-19/h2-4,6,8-9,18,24H,5,7,10-14H2,1H3. The Kier molecular flexibility index (Phi) is 6.22. The summed E-state index contributed by atoms with van der Waals surface area (Å²) in [4.78, 5) is 16.6. The first-order valence-electron chi connectivity index (χ1n) is 8.95. The third-order valence-electron chi connectivity index (χ3n) is 5.06. The van der Waals surface area contributed by atoms with Gasteiger partial charge in [-0.2, -0.15) is 0 Å². The van der Waals surface area contributed by atoms with Gasteiger partial charge in [-0.15, -0.1) is 0 Å². The van der Waals surface area contributed by atoms with E-state index < -0.39 is 0 Å². The van der Waals surface area contributed by atoms with Gasteiger partial charge in [0.2, 0.25) is 0 Å². The van der Waals surface area contributed by atoms with Crippen molar-refractivity contribution in [1.82, 2.24) is 9.80 Å². The van der Waals surface area contributed by atoms with Crippen molar-refractivity contribution in [3.05, 3.63) is 52.7 Å². The topological polar surface area (TPSA) is 53.0 Å². The normalized spacial score (nSPS) is 19.8. The first-order valence-corrected chi connectivity index (χ1v) is 9.33. The fraction of sp³-hybridized carbons (Fsp3) is 0.450. The van der Waals surface area contributed by atoms with Gasteiger partial charge in [-0.05, 0) is 49.1 Å². The van der Waals surface area contributed by atoms with Crippen LogP contribution < -0.4 is 4.74 Å². The number of amides is 1. The summed E-state index contributed by atoms with van der Waals surface area (Å²) in [7, 11) is 2.09. The Morgan fingerprint density at radius 3 is 2.73 bits per heavy atom. The predicted molar refractivity (Wildman–Crippen MR) is 102 cm³/mol. The molecule has 0 radical (unpaired) electrons. The molecule has 1 aliphatic carbocycles. The van der Waals surface area contributed by atoms with Crippen molar-refractivity contribution in [3.63, 3.8) is 0 Å². The molecule has 1 aromatic rings. The molecule has 1 fully saturated rings. The van der Waals surface area contributed by atoms with Gasteiger partial charge in [0.05, 0.1) is 6.61 Å². The van der Waals surface area contributed by atoms with Crippen LogP contribution in [0.15, 0.2) is 47.1 Å². The zero-order valence-corrected chi connectivity index (χ0v) is 15.8. The van der Waals surface area contributed by atoms with E-state index in [9.17, 15) is 4.79 Å². The average Bonchev–Trinajstić information content (AvgIpc) is 3.17. The molecule has 26 heavy (non-hydrogen) atoms. The molecule has 1 N–H and O–H groups in total. The molecule has 1 amide bonds. The number of carbonyl (C=O) groups excluding carboxylic acids is 1. The second-order valence-electron chi connectivity index (χ2n) is 6.76.